The summed E-state index contributed by atoms with van der Waals surface area (Å²) in [5.74, 6) is -0.568. The molecule has 108 valence electrons. The van der Waals surface area contributed by atoms with Crippen molar-refractivity contribution in [3.63, 3.8) is 0 Å². The molecule has 0 amide bonds. The van der Waals surface area contributed by atoms with Crippen LogP contribution in [0.1, 0.15) is 6.92 Å². The fourth-order valence-electron chi connectivity index (χ4n) is 1.80. The second-order valence-corrected chi connectivity index (χ2v) is 5.91. The lowest BCUT2D eigenvalue weighted by Crippen LogP contribution is -2.07. The van der Waals surface area contributed by atoms with Crippen LogP contribution < -0.4 is 5.32 Å². The zero-order valence-electron chi connectivity index (χ0n) is 10.8. The zero-order valence-corrected chi connectivity index (χ0v) is 12.5. The summed E-state index contributed by atoms with van der Waals surface area (Å²) in [7, 11) is -3.72. The molecule has 0 unspecified atom stereocenters. The highest BCUT2D eigenvalue weighted by atomic mass is 35.5. The van der Waals surface area contributed by atoms with Crippen LogP contribution >= 0.6 is 12.4 Å². The summed E-state index contributed by atoms with van der Waals surface area (Å²) in [6.07, 6.45) is 0. The summed E-state index contributed by atoms with van der Waals surface area (Å²) in [4.78, 5) is 0.111. The summed E-state index contributed by atoms with van der Waals surface area (Å²) in [5, 5.41) is 2.99. The average Bonchev–Trinajstić information content (AvgIpc) is 2.39. The first-order chi connectivity index (χ1) is 9.05. The van der Waals surface area contributed by atoms with Gasteiger partial charge in [0.05, 0.1) is 15.5 Å². The maximum Gasteiger partial charge on any atom is 0.208 e. The number of halogens is 2. The molecule has 1 N–H and O–H groups in total. The molecule has 0 saturated heterocycles. The van der Waals surface area contributed by atoms with Crippen molar-refractivity contribution in [1.29, 1.82) is 0 Å². The fraction of sp³-hybridized carbons (Fsp3) is 0.143. The number of benzene rings is 2. The average molecular weight is 316 g/mol. The van der Waals surface area contributed by atoms with E-state index in [1.54, 1.807) is 18.2 Å². The highest BCUT2D eigenvalue weighted by Gasteiger charge is 2.21. The van der Waals surface area contributed by atoms with Crippen molar-refractivity contribution in [2.45, 2.75) is 16.7 Å². The molecule has 0 aliphatic carbocycles. The molecule has 0 spiro atoms. The van der Waals surface area contributed by atoms with Crippen LogP contribution in [0.2, 0.25) is 0 Å². The van der Waals surface area contributed by atoms with E-state index in [1.165, 1.54) is 24.3 Å². The van der Waals surface area contributed by atoms with Gasteiger partial charge in [0, 0.05) is 6.54 Å². The largest absolute Gasteiger partial charge is 0.384 e. The molecule has 2 aromatic carbocycles. The van der Waals surface area contributed by atoms with E-state index in [4.69, 9.17) is 0 Å². The number of rotatable bonds is 4. The molecule has 0 heterocycles. The molecule has 2 rings (SSSR count). The Kier molecular flexibility index (Phi) is 5.53. The first-order valence-electron chi connectivity index (χ1n) is 5.89. The van der Waals surface area contributed by atoms with Crippen molar-refractivity contribution < 1.29 is 12.8 Å². The highest BCUT2D eigenvalue weighted by Crippen LogP contribution is 2.27. The van der Waals surface area contributed by atoms with Crippen molar-refractivity contribution in [1.82, 2.24) is 0 Å². The summed E-state index contributed by atoms with van der Waals surface area (Å²) < 4.78 is 38.1. The second kappa shape index (κ2) is 6.72. The minimum Gasteiger partial charge on any atom is -0.384 e. The predicted octanol–water partition coefficient (Wildman–Crippen LogP) is 3.51. The lowest BCUT2D eigenvalue weighted by Gasteiger charge is -2.11. The normalized spacial score (nSPS) is 10.7. The van der Waals surface area contributed by atoms with E-state index in [0.29, 0.717) is 12.2 Å². The smallest absolute Gasteiger partial charge is 0.208 e. The first kappa shape index (κ1) is 16.5. The van der Waals surface area contributed by atoms with Crippen LogP contribution in [-0.4, -0.2) is 15.0 Å². The van der Waals surface area contributed by atoms with E-state index in [1.807, 2.05) is 6.92 Å². The molecule has 6 heteroatoms. The standard InChI is InChI=1S/C14H14FNO2S.ClH/c1-2-16-13-8-3-4-9-14(13)19(17,18)12-7-5-6-11(15)10-12;/h3-10,16H,2H2,1H3;1H. The molecule has 0 saturated carbocycles. The number of hydrogen-bond acceptors (Lipinski definition) is 3. The third-order valence-corrected chi connectivity index (χ3v) is 4.46. The van der Waals surface area contributed by atoms with Crippen LogP contribution in [0.3, 0.4) is 0 Å². The van der Waals surface area contributed by atoms with E-state index in [0.717, 1.165) is 6.07 Å². The van der Waals surface area contributed by atoms with Crippen molar-refractivity contribution in [2.24, 2.45) is 0 Å². The molecular formula is C14H15ClFNO2S. The van der Waals surface area contributed by atoms with Crippen molar-refractivity contribution in [3.05, 3.63) is 54.3 Å². The summed E-state index contributed by atoms with van der Waals surface area (Å²) in [6.45, 7) is 2.49. The van der Waals surface area contributed by atoms with Crippen LogP contribution in [0.15, 0.2) is 58.3 Å². The molecule has 0 aliphatic heterocycles. The Balaban J connectivity index is 0.00000200. The van der Waals surface area contributed by atoms with Gasteiger partial charge in [0.25, 0.3) is 0 Å². The minimum absolute atomic E-state index is 0. The Bertz CT molecular complexity index is 689. The molecule has 0 atom stereocenters. The van der Waals surface area contributed by atoms with Gasteiger partial charge in [-0.1, -0.05) is 18.2 Å². The van der Waals surface area contributed by atoms with Crippen molar-refractivity contribution in [3.8, 4) is 0 Å². The molecule has 20 heavy (non-hydrogen) atoms. The Morgan fingerprint density at radius 3 is 2.45 bits per heavy atom. The van der Waals surface area contributed by atoms with Gasteiger partial charge >= 0.3 is 0 Å². The molecular weight excluding hydrogens is 301 g/mol. The molecule has 2 aromatic rings. The minimum atomic E-state index is -3.72. The van der Waals surface area contributed by atoms with E-state index in [9.17, 15) is 12.8 Å². The van der Waals surface area contributed by atoms with Gasteiger partial charge < -0.3 is 5.32 Å². The molecule has 0 aromatic heterocycles. The van der Waals surface area contributed by atoms with Crippen LogP contribution in [0.4, 0.5) is 10.1 Å². The summed E-state index contributed by atoms with van der Waals surface area (Å²) in [5.41, 5.74) is 0.522. The number of hydrogen-bond donors (Lipinski definition) is 1. The monoisotopic (exact) mass is 315 g/mol. The number of nitrogens with one attached hydrogen (secondary N) is 1. The molecule has 3 nitrogen and oxygen atoms in total. The van der Waals surface area contributed by atoms with Gasteiger partial charge in [-0.25, -0.2) is 12.8 Å². The van der Waals surface area contributed by atoms with Crippen molar-refractivity contribution >= 4 is 27.9 Å². The Morgan fingerprint density at radius 1 is 1.10 bits per heavy atom. The molecule has 0 radical (unpaired) electrons. The summed E-state index contributed by atoms with van der Waals surface area (Å²) in [6, 6.07) is 11.6. The van der Waals surface area contributed by atoms with Gasteiger partial charge in [-0.15, -0.1) is 12.4 Å². The first-order valence-corrected chi connectivity index (χ1v) is 7.37. The quantitative estimate of drug-likeness (QED) is 0.939. The molecule has 0 fully saturated rings. The maximum atomic E-state index is 13.2. The van der Waals surface area contributed by atoms with Gasteiger partial charge in [-0.2, -0.15) is 0 Å². The lowest BCUT2D eigenvalue weighted by molar-refractivity contribution is 0.591. The fourth-order valence-corrected chi connectivity index (χ4v) is 3.27. The summed E-state index contributed by atoms with van der Waals surface area (Å²) >= 11 is 0. The van der Waals surface area contributed by atoms with Crippen LogP contribution in [0, 0.1) is 5.82 Å². The topological polar surface area (TPSA) is 46.2 Å². The van der Waals surface area contributed by atoms with Crippen LogP contribution in [-0.2, 0) is 9.84 Å². The Hall–Kier alpha value is -1.59. The SMILES string of the molecule is CCNc1ccccc1S(=O)(=O)c1cccc(F)c1.Cl. The zero-order chi connectivity index (χ0) is 13.9. The Labute approximate surface area is 124 Å². The van der Waals surface area contributed by atoms with Gasteiger partial charge in [-0.3, -0.25) is 0 Å². The van der Waals surface area contributed by atoms with Gasteiger partial charge in [0.15, 0.2) is 0 Å². The molecule has 0 bridgehead atoms. The predicted molar refractivity (Wildman–Crippen MR) is 79.7 cm³/mol. The number of anilines is 1. The number of para-hydroxylation sites is 1. The van der Waals surface area contributed by atoms with Crippen LogP contribution in [0.5, 0.6) is 0 Å². The third kappa shape index (κ3) is 3.29. The third-order valence-electron chi connectivity index (χ3n) is 2.65. The van der Waals surface area contributed by atoms with Crippen LogP contribution in [0.25, 0.3) is 0 Å². The van der Waals surface area contributed by atoms with E-state index < -0.39 is 15.7 Å². The van der Waals surface area contributed by atoms with Gasteiger partial charge in [-0.05, 0) is 37.3 Å². The highest BCUT2D eigenvalue weighted by molar-refractivity contribution is 7.91. The van der Waals surface area contributed by atoms with E-state index in [-0.39, 0.29) is 22.2 Å². The Morgan fingerprint density at radius 2 is 1.80 bits per heavy atom. The van der Waals surface area contributed by atoms with E-state index in [2.05, 4.69) is 5.32 Å². The second-order valence-electron chi connectivity index (χ2n) is 3.99. The van der Waals surface area contributed by atoms with E-state index >= 15 is 0 Å². The van der Waals surface area contributed by atoms with Gasteiger partial charge in [0.2, 0.25) is 9.84 Å². The number of sulfone groups is 1. The maximum absolute atomic E-state index is 13.2. The van der Waals surface area contributed by atoms with Crippen molar-refractivity contribution in [2.75, 3.05) is 11.9 Å². The molecule has 0 aliphatic rings. The lowest BCUT2D eigenvalue weighted by atomic mass is 10.3. The van der Waals surface area contributed by atoms with Gasteiger partial charge in [0.1, 0.15) is 5.82 Å².